The Balaban J connectivity index is 1.81. The molecule has 0 bridgehead atoms. The van der Waals surface area contributed by atoms with E-state index in [9.17, 15) is 0 Å². The fourth-order valence-corrected chi connectivity index (χ4v) is 4.62. The summed E-state index contributed by atoms with van der Waals surface area (Å²) in [6, 6.07) is 0.442. The van der Waals surface area contributed by atoms with Gasteiger partial charge in [-0.15, -0.1) is 5.10 Å². The van der Waals surface area contributed by atoms with E-state index in [2.05, 4.69) is 46.9 Å². The Hall–Kier alpha value is -0.510. The third-order valence-corrected chi connectivity index (χ3v) is 5.56. The van der Waals surface area contributed by atoms with Crippen molar-refractivity contribution in [2.75, 3.05) is 6.26 Å². The lowest BCUT2D eigenvalue weighted by Crippen LogP contribution is -2.10. The molecule has 3 atom stereocenters. The predicted molar refractivity (Wildman–Crippen MR) is 71.3 cm³/mol. The molecule has 0 spiro atoms. The molecule has 1 saturated carbocycles. The number of fused-ring (bicyclic) bond motifs is 2. The van der Waals surface area contributed by atoms with Gasteiger partial charge in [-0.1, -0.05) is 5.21 Å². The molecule has 2 aliphatic carbocycles. The van der Waals surface area contributed by atoms with Gasteiger partial charge in [-0.25, -0.2) is 4.68 Å². The molecule has 1 unspecified atom stereocenters. The zero-order chi connectivity index (χ0) is 12.0. The van der Waals surface area contributed by atoms with Crippen molar-refractivity contribution in [3.05, 3.63) is 11.4 Å². The number of aromatic nitrogens is 3. The van der Waals surface area contributed by atoms with Gasteiger partial charge >= 0.3 is 0 Å². The largest absolute Gasteiger partial charge is 0.247 e. The minimum absolute atomic E-state index is 0.442. The van der Waals surface area contributed by atoms with Gasteiger partial charge in [0.1, 0.15) is 0 Å². The Kier molecular flexibility index (Phi) is 2.93. The zero-order valence-electron chi connectivity index (χ0n) is 10.9. The minimum atomic E-state index is 0.442. The maximum atomic E-state index is 4.39. The molecule has 1 aromatic heterocycles. The number of hydrogen-bond donors (Lipinski definition) is 0. The maximum absolute atomic E-state index is 4.39. The Bertz CT molecular complexity index is 413. The molecule has 0 amide bonds. The van der Waals surface area contributed by atoms with Crippen LogP contribution in [0, 0.1) is 11.8 Å². The normalized spacial score (nSPS) is 31.6. The van der Waals surface area contributed by atoms with Gasteiger partial charge in [0.05, 0.1) is 11.4 Å². The van der Waals surface area contributed by atoms with Crippen LogP contribution in [0.1, 0.15) is 44.1 Å². The monoisotopic (exact) mass is 251 g/mol. The number of aryl methyl sites for hydroxylation is 1. The maximum Gasteiger partial charge on any atom is 0.0859 e. The van der Waals surface area contributed by atoms with Gasteiger partial charge in [0, 0.05) is 11.3 Å². The van der Waals surface area contributed by atoms with Crippen molar-refractivity contribution < 1.29 is 0 Å². The summed E-state index contributed by atoms with van der Waals surface area (Å²) in [6.07, 6.45) is 7.24. The molecule has 0 N–H and O–H groups in total. The summed E-state index contributed by atoms with van der Waals surface area (Å²) in [5.41, 5.74) is 2.68. The van der Waals surface area contributed by atoms with E-state index in [1.165, 1.54) is 30.7 Å². The summed E-state index contributed by atoms with van der Waals surface area (Å²) in [5, 5.41) is 9.64. The molecule has 1 heterocycles. The Labute approximate surface area is 107 Å². The van der Waals surface area contributed by atoms with Crippen LogP contribution >= 0.6 is 11.8 Å². The second kappa shape index (κ2) is 4.30. The molecule has 0 saturated heterocycles. The van der Waals surface area contributed by atoms with Crippen LogP contribution in [0.3, 0.4) is 0 Å². The van der Waals surface area contributed by atoms with Crippen LogP contribution < -0.4 is 0 Å². The lowest BCUT2D eigenvalue weighted by molar-refractivity contribution is 0.482. The fourth-order valence-electron chi connectivity index (χ4n) is 3.34. The third kappa shape index (κ3) is 1.90. The predicted octanol–water partition coefficient (Wildman–Crippen LogP) is 2.72. The first-order chi connectivity index (χ1) is 8.22. The Morgan fingerprint density at radius 3 is 2.59 bits per heavy atom. The number of nitrogens with zero attached hydrogens (tertiary/aromatic N) is 3. The number of thioether (sulfide) groups is 1. The minimum Gasteiger partial charge on any atom is -0.247 e. The van der Waals surface area contributed by atoms with Gasteiger partial charge in [-0.2, -0.15) is 11.8 Å². The third-order valence-electron chi connectivity index (χ3n) is 4.31. The first-order valence-electron chi connectivity index (χ1n) is 6.68. The molecular formula is C13H21N3S. The van der Waals surface area contributed by atoms with Crippen molar-refractivity contribution >= 4 is 11.8 Å². The molecule has 94 valence electrons. The van der Waals surface area contributed by atoms with E-state index >= 15 is 0 Å². The Morgan fingerprint density at radius 1 is 1.24 bits per heavy atom. The van der Waals surface area contributed by atoms with Crippen molar-refractivity contribution in [2.24, 2.45) is 11.8 Å². The van der Waals surface area contributed by atoms with Gasteiger partial charge in [0.25, 0.3) is 0 Å². The molecule has 3 nitrogen and oxygen atoms in total. The molecule has 0 radical (unpaired) electrons. The summed E-state index contributed by atoms with van der Waals surface area (Å²) in [6.45, 7) is 4.39. The molecule has 0 aliphatic heterocycles. The summed E-state index contributed by atoms with van der Waals surface area (Å²) in [7, 11) is 0. The van der Waals surface area contributed by atoms with Crippen LogP contribution in [0.15, 0.2) is 0 Å². The van der Waals surface area contributed by atoms with Crippen molar-refractivity contribution in [2.45, 2.75) is 50.8 Å². The second-order valence-electron chi connectivity index (χ2n) is 5.63. The van der Waals surface area contributed by atoms with Crippen molar-refractivity contribution in [1.82, 2.24) is 15.0 Å². The van der Waals surface area contributed by atoms with Crippen LogP contribution in [-0.4, -0.2) is 26.5 Å². The van der Waals surface area contributed by atoms with Gasteiger partial charge in [-0.05, 0) is 57.6 Å². The van der Waals surface area contributed by atoms with Crippen LogP contribution in [-0.2, 0) is 12.8 Å². The number of hydrogen-bond acceptors (Lipinski definition) is 3. The standard InChI is InChI=1S/C13H21N3S/c1-8(2)16-12-7-5-10-9(13(10)17-3)4-6-11(12)14-15-16/h8-10,13H,4-7H2,1-3H3/t9-,10+,13?/m1/s1. The molecule has 4 heteroatoms. The van der Waals surface area contributed by atoms with E-state index in [-0.39, 0.29) is 0 Å². The molecular weight excluding hydrogens is 230 g/mol. The van der Waals surface area contributed by atoms with E-state index < -0.39 is 0 Å². The summed E-state index contributed by atoms with van der Waals surface area (Å²) >= 11 is 2.06. The van der Waals surface area contributed by atoms with E-state index in [1.807, 2.05) is 0 Å². The Morgan fingerprint density at radius 2 is 1.94 bits per heavy atom. The smallest absolute Gasteiger partial charge is 0.0859 e. The average Bonchev–Trinajstić information content (AvgIpc) is 2.78. The molecule has 3 rings (SSSR count). The van der Waals surface area contributed by atoms with Crippen LogP contribution in [0.25, 0.3) is 0 Å². The highest BCUT2D eigenvalue weighted by Crippen LogP contribution is 2.53. The number of rotatable bonds is 2. The molecule has 1 aromatic rings. The average molecular weight is 251 g/mol. The molecule has 1 fully saturated rings. The van der Waals surface area contributed by atoms with E-state index in [1.54, 1.807) is 0 Å². The first kappa shape index (κ1) is 11.6. The van der Waals surface area contributed by atoms with Crippen molar-refractivity contribution in [1.29, 1.82) is 0 Å². The quantitative estimate of drug-likeness (QED) is 0.809. The lowest BCUT2D eigenvalue weighted by atomic mass is 10.0. The highest BCUT2D eigenvalue weighted by atomic mass is 32.2. The topological polar surface area (TPSA) is 30.7 Å². The van der Waals surface area contributed by atoms with Gasteiger partial charge < -0.3 is 0 Å². The molecule has 17 heavy (non-hydrogen) atoms. The fraction of sp³-hybridized carbons (Fsp3) is 0.846. The molecule has 0 aromatic carbocycles. The first-order valence-corrected chi connectivity index (χ1v) is 7.97. The van der Waals surface area contributed by atoms with E-state index in [4.69, 9.17) is 0 Å². The van der Waals surface area contributed by atoms with Gasteiger partial charge in [-0.3, -0.25) is 0 Å². The SMILES string of the molecule is CSC1[C@H]2CCc3c(nnn3C(C)C)CC[C@@H]12. The molecule has 2 aliphatic rings. The van der Waals surface area contributed by atoms with Crippen LogP contribution in [0.5, 0.6) is 0 Å². The van der Waals surface area contributed by atoms with Gasteiger partial charge in [0.2, 0.25) is 0 Å². The lowest BCUT2D eigenvalue weighted by Gasteiger charge is -2.12. The zero-order valence-corrected chi connectivity index (χ0v) is 11.7. The van der Waals surface area contributed by atoms with E-state index in [0.29, 0.717) is 6.04 Å². The van der Waals surface area contributed by atoms with Crippen LogP contribution in [0.2, 0.25) is 0 Å². The van der Waals surface area contributed by atoms with Gasteiger partial charge in [0.15, 0.2) is 0 Å². The second-order valence-corrected chi connectivity index (χ2v) is 6.64. The summed E-state index contributed by atoms with van der Waals surface area (Å²) in [4.78, 5) is 0. The van der Waals surface area contributed by atoms with E-state index in [0.717, 1.165) is 23.5 Å². The van der Waals surface area contributed by atoms with Crippen LogP contribution in [0.4, 0.5) is 0 Å². The summed E-state index contributed by atoms with van der Waals surface area (Å²) < 4.78 is 2.13. The highest BCUT2D eigenvalue weighted by Gasteiger charge is 2.49. The van der Waals surface area contributed by atoms with Crippen molar-refractivity contribution in [3.8, 4) is 0 Å². The van der Waals surface area contributed by atoms with Crippen molar-refractivity contribution in [3.63, 3.8) is 0 Å². The summed E-state index contributed by atoms with van der Waals surface area (Å²) in [5.74, 6) is 1.93. The highest BCUT2D eigenvalue weighted by molar-refractivity contribution is 7.99.